The second-order valence-electron chi connectivity index (χ2n) is 3.14. The van der Waals surface area contributed by atoms with E-state index in [1.165, 1.54) is 0 Å². The molecular weight excluding hydrogens is 198 g/mol. The van der Waals surface area contributed by atoms with E-state index in [4.69, 9.17) is 9.52 Å². The van der Waals surface area contributed by atoms with Crippen molar-refractivity contribution in [2.75, 3.05) is 0 Å². The quantitative estimate of drug-likeness (QED) is 0.796. The summed E-state index contributed by atoms with van der Waals surface area (Å²) in [5, 5.41) is 12.7. The molecular formula is C9H9N3O3. The fourth-order valence-electron chi connectivity index (χ4n) is 1.25. The maximum Gasteiger partial charge on any atom is 0.373 e. The maximum absolute atomic E-state index is 10.7. The highest BCUT2D eigenvalue weighted by molar-refractivity contribution is 5.86. The molecule has 0 saturated carbocycles. The molecule has 6 heteroatoms. The average molecular weight is 207 g/mol. The van der Waals surface area contributed by atoms with Gasteiger partial charge in [-0.25, -0.2) is 9.78 Å². The lowest BCUT2D eigenvalue weighted by Gasteiger charge is -1.86. The van der Waals surface area contributed by atoms with Crippen molar-refractivity contribution < 1.29 is 14.3 Å². The van der Waals surface area contributed by atoms with Crippen molar-refractivity contribution in [3.8, 4) is 11.5 Å². The van der Waals surface area contributed by atoms with E-state index in [1.54, 1.807) is 31.0 Å². The Labute approximate surface area is 85.2 Å². The minimum Gasteiger partial charge on any atom is -0.475 e. The first kappa shape index (κ1) is 9.45. The summed E-state index contributed by atoms with van der Waals surface area (Å²) in [6.45, 7) is 1.59. The molecule has 0 spiro atoms. The molecule has 0 amide bonds. The summed E-state index contributed by atoms with van der Waals surface area (Å²) in [6.07, 6.45) is 3.27. The molecule has 78 valence electrons. The van der Waals surface area contributed by atoms with Crippen LogP contribution < -0.4 is 0 Å². The van der Waals surface area contributed by atoms with Gasteiger partial charge in [-0.15, -0.1) is 0 Å². The van der Waals surface area contributed by atoms with Crippen molar-refractivity contribution in [3.05, 3.63) is 23.8 Å². The number of hydrogen-bond acceptors (Lipinski definition) is 4. The molecule has 0 atom stereocenters. The number of carboxylic acids is 1. The molecule has 2 aromatic heterocycles. The lowest BCUT2D eigenvalue weighted by molar-refractivity contribution is 0.0662. The largest absolute Gasteiger partial charge is 0.475 e. The standard InChI is InChI=1S/C9H9N3O3/c1-5-7(9(13)14)15-8(11-5)6-3-10-12(2)4-6/h3-4H,1-2H3,(H,13,14). The molecule has 2 heterocycles. The molecule has 2 rings (SSSR count). The highest BCUT2D eigenvalue weighted by atomic mass is 16.4. The molecule has 6 nitrogen and oxygen atoms in total. The molecule has 0 fully saturated rings. The zero-order valence-corrected chi connectivity index (χ0v) is 8.26. The van der Waals surface area contributed by atoms with E-state index >= 15 is 0 Å². The number of carbonyl (C=O) groups is 1. The van der Waals surface area contributed by atoms with Crippen LogP contribution in [0.2, 0.25) is 0 Å². The van der Waals surface area contributed by atoms with Crippen LogP contribution in [-0.2, 0) is 7.05 Å². The smallest absolute Gasteiger partial charge is 0.373 e. The predicted octanol–water partition coefficient (Wildman–Crippen LogP) is 1.08. The Morgan fingerprint density at radius 1 is 1.60 bits per heavy atom. The van der Waals surface area contributed by atoms with E-state index in [0.717, 1.165) is 0 Å². The van der Waals surface area contributed by atoms with E-state index < -0.39 is 5.97 Å². The van der Waals surface area contributed by atoms with Crippen LogP contribution in [0.25, 0.3) is 11.5 Å². The van der Waals surface area contributed by atoms with Crippen molar-refractivity contribution in [2.45, 2.75) is 6.92 Å². The Balaban J connectivity index is 2.46. The molecule has 0 aliphatic carbocycles. The van der Waals surface area contributed by atoms with E-state index in [0.29, 0.717) is 11.3 Å². The summed E-state index contributed by atoms with van der Waals surface area (Å²) in [4.78, 5) is 14.7. The fourth-order valence-corrected chi connectivity index (χ4v) is 1.25. The number of aryl methyl sites for hydroxylation is 2. The average Bonchev–Trinajstić information content (AvgIpc) is 2.71. The Hall–Kier alpha value is -2.11. The third-order valence-corrected chi connectivity index (χ3v) is 1.94. The van der Waals surface area contributed by atoms with Gasteiger partial charge in [-0.3, -0.25) is 4.68 Å². The van der Waals surface area contributed by atoms with E-state index in [-0.39, 0.29) is 11.7 Å². The summed E-state index contributed by atoms with van der Waals surface area (Å²) in [5.41, 5.74) is 1.02. The number of carboxylic acid groups (broad SMARTS) is 1. The third kappa shape index (κ3) is 1.61. The Kier molecular flexibility index (Phi) is 2.03. The summed E-state index contributed by atoms with van der Waals surface area (Å²) in [6, 6.07) is 0. The van der Waals surface area contributed by atoms with Gasteiger partial charge >= 0.3 is 5.97 Å². The number of nitrogens with zero attached hydrogens (tertiary/aromatic N) is 3. The van der Waals surface area contributed by atoms with Crippen molar-refractivity contribution >= 4 is 5.97 Å². The Morgan fingerprint density at radius 3 is 2.80 bits per heavy atom. The molecule has 0 saturated heterocycles. The Bertz CT molecular complexity index is 512. The molecule has 0 aromatic carbocycles. The second-order valence-corrected chi connectivity index (χ2v) is 3.14. The lowest BCUT2D eigenvalue weighted by atomic mass is 10.3. The van der Waals surface area contributed by atoms with Crippen molar-refractivity contribution in [1.29, 1.82) is 0 Å². The molecule has 2 aromatic rings. The number of oxazole rings is 1. The molecule has 0 bridgehead atoms. The number of aromatic carboxylic acids is 1. The lowest BCUT2D eigenvalue weighted by Crippen LogP contribution is -1.95. The normalized spacial score (nSPS) is 10.5. The summed E-state index contributed by atoms with van der Waals surface area (Å²) in [5.74, 6) is -0.970. The molecule has 0 aliphatic rings. The predicted molar refractivity (Wildman–Crippen MR) is 50.4 cm³/mol. The van der Waals surface area contributed by atoms with Crippen molar-refractivity contribution in [2.24, 2.45) is 7.05 Å². The molecule has 0 radical (unpaired) electrons. The monoisotopic (exact) mass is 207 g/mol. The fraction of sp³-hybridized carbons (Fsp3) is 0.222. The highest BCUT2D eigenvalue weighted by Gasteiger charge is 2.17. The van der Waals surface area contributed by atoms with Gasteiger partial charge < -0.3 is 9.52 Å². The van der Waals surface area contributed by atoms with Crippen LogP contribution in [0.3, 0.4) is 0 Å². The second kappa shape index (κ2) is 3.23. The Morgan fingerprint density at radius 2 is 2.33 bits per heavy atom. The van der Waals surface area contributed by atoms with E-state index in [2.05, 4.69) is 10.1 Å². The maximum atomic E-state index is 10.7. The first-order valence-electron chi connectivity index (χ1n) is 4.27. The van der Waals surface area contributed by atoms with Gasteiger partial charge in [0.2, 0.25) is 11.7 Å². The molecule has 0 unspecified atom stereocenters. The van der Waals surface area contributed by atoms with Gasteiger partial charge in [-0.2, -0.15) is 5.10 Å². The SMILES string of the molecule is Cc1nc(-c2cnn(C)c2)oc1C(=O)O. The van der Waals surface area contributed by atoms with E-state index in [1.807, 2.05) is 0 Å². The van der Waals surface area contributed by atoms with Crippen LogP contribution in [0.5, 0.6) is 0 Å². The summed E-state index contributed by atoms with van der Waals surface area (Å²) < 4.78 is 6.70. The van der Waals surface area contributed by atoms with Gasteiger partial charge in [0.15, 0.2) is 0 Å². The first-order chi connectivity index (χ1) is 7.08. The molecule has 1 N–H and O–H groups in total. The highest BCUT2D eigenvalue weighted by Crippen LogP contribution is 2.20. The molecule has 0 aliphatic heterocycles. The number of hydrogen-bond donors (Lipinski definition) is 1. The first-order valence-corrected chi connectivity index (χ1v) is 4.27. The summed E-state index contributed by atoms with van der Waals surface area (Å²) in [7, 11) is 1.76. The molecule has 15 heavy (non-hydrogen) atoms. The van der Waals surface area contributed by atoms with Crippen molar-refractivity contribution in [1.82, 2.24) is 14.8 Å². The van der Waals surface area contributed by atoms with Crippen LogP contribution in [0.4, 0.5) is 0 Å². The van der Waals surface area contributed by atoms with Gasteiger partial charge in [0.1, 0.15) is 0 Å². The van der Waals surface area contributed by atoms with E-state index in [9.17, 15) is 4.79 Å². The van der Waals surface area contributed by atoms with Crippen LogP contribution in [0.1, 0.15) is 16.2 Å². The van der Waals surface area contributed by atoms with Gasteiger partial charge in [0, 0.05) is 13.2 Å². The minimum atomic E-state index is -1.12. The van der Waals surface area contributed by atoms with Crippen molar-refractivity contribution in [3.63, 3.8) is 0 Å². The van der Waals surface area contributed by atoms with Crippen LogP contribution in [0, 0.1) is 6.92 Å². The van der Waals surface area contributed by atoms with Gasteiger partial charge in [0.25, 0.3) is 0 Å². The van der Waals surface area contributed by atoms with Gasteiger partial charge in [-0.05, 0) is 6.92 Å². The minimum absolute atomic E-state index is 0.131. The number of rotatable bonds is 2. The van der Waals surface area contributed by atoms with Crippen LogP contribution >= 0.6 is 0 Å². The zero-order chi connectivity index (χ0) is 11.0. The zero-order valence-electron chi connectivity index (χ0n) is 8.26. The summed E-state index contributed by atoms with van der Waals surface area (Å²) >= 11 is 0. The van der Waals surface area contributed by atoms with Gasteiger partial charge in [-0.1, -0.05) is 0 Å². The van der Waals surface area contributed by atoms with Crippen LogP contribution in [0.15, 0.2) is 16.8 Å². The number of aromatic nitrogens is 3. The van der Waals surface area contributed by atoms with Gasteiger partial charge in [0.05, 0.1) is 17.5 Å². The van der Waals surface area contributed by atoms with Crippen LogP contribution in [-0.4, -0.2) is 25.8 Å². The third-order valence-electron chi connectivity index (χ3n) is 1.94. The topological polar surface area (TPSA) is 81.2 Å².